The van der Waals surface area contributed by atoms with Crippen molar-refractivity contribution in [3.05, 3.63) is 93.4 Å². The molecule has 4 rings (SSSR count). The number of ether oxygens (including phenoxy) is 1. The standard InChI is InChI=1S/C26H23NO5S2/c1-16-5-4-6-17(2)21(16)15-34(30,31)20-11-12-22-23(14-20)33-24(25(28)27-22)13-18-7-9-19(10-8-18)26(29)32-3/h4-14H,15H2,1-3H3,(H,27,28)/b24-13+. The van der Waals surface area contributed by atoms with Gasteiger partial charge in [0.1, 0.15) is 0 Å². The SMILES string of the molecule is COC(=O)c1ccc(/C=C2/Sc3cc(S(=O)(=O)Cc4c(C)cccc4C)ccc3NC2=O)cc1. The van der Waals surface area contributed by atoms with E-state index in [-0.39, 0.29) is 16.6 Å². The van der Waals surface area contributed by atoms with Gasteiger partial charge < -0.3 is 10.1 Å². The Hall–Kier alpha value is -3.36. The van der Waals surface area contributed by atoms with Crippen LogP contribution >= 0.6 is 11.8 Å². The topological polar surface area (TPSA) is 89.5 Å². The maximum absolute atomic E-state index is 13.2. The number of benzene rings is 3. The lowest BCUT2D eigenvalue weighted by atomic mass is 10.1. The van der Waals surface area contributed by atoms with Crippen LogP contribution < -0.4 is 5.32 Å². The molecule has 0 spiro atoms. The Morgan fingerprint density at radius 3 is 2.35 bits per heavy atom. The van der Waals surface area contributed by atoms with Gasteiger partial charge in [-0.15, -0.1) is 0 Å². The van der Waals surface area contributed by atoms with Crippen molar-refractivity contribution >= 4 is 45.2 Å². The molecule has 3 aromatic carbocycles. The lowest BCUT2D eigenvalue weighted by Crippen LogP contribution is -2.18. The first kappa shape index (κ1) is 23.8. The van der Waals surface area contributed by atoms with Gasteiger partial charge in [-0.25, -0.2) is 13.2 Å². The zero-order valence-corrected chi connectivity index (χ0v) is 20.5. The molecule has 0 aliphatic carbocycles. The monoisotopic (exact) mass is 493 g/mol. The number of amides is 1. The molecular weight excluding hydrogens is 470 g/mol. The third-order valence-corrected chi connectivity index (χ3v) is 8.33. The Bertz CT molecular complexity index is 1400. The zero-order valence-electron chi connectivity index (χ0n) is 18.9. The number of esters is 1. The second-order valence-corrected chi connectivity index (χ2v) is 11.0. The van der Waals surface area contributed by atoms with Crippen LogP contribution in [0.3, 0.4) is 0 Å². The van der Waals surface area contributed by atoms with Gasteiger partial charge in [-0.3, -0.25) is 4.79 Å². The Morgan fingerprint density at radius 2 is 1.71 bits per heavy atom. The predicted octanol–water partition coefficient (Wildman–Crippen LogP) is 5.15. The van der Waals surface area contributed by atoms with E-state index in [4.69, 9.17) is 4.74 Å². The van der Waals surface area contributed by atoms with Gasteiger partial charge >= 0.3 is 5.97 Å². The highest BCUT2D eigenvalue weighted by Gasteiger charge is 2.25. The molecule has 1 aliphatic rings. The summed E-state index contributed by atoms with van der Waals surface area (Å²) in [7, 11) is -2.27. The molecule has 0 fully saturated rings. The van der Waals surface area contributed by atoms with Gasteiger partial charge in [0.25, 0.3) is 5.91 Å². The largest absolute Gasteiger partial charge is 0.465 e. The minimum atomic E-state index is -3.59. The molecule has 1 heterocycles. The summed E-state index contributed by atoms with van der Waals surface area (Å²) in [5, 5.41) is 2.82. The number of carbonyl (C=O) groups is 2. The van der Waals surface area contributed by atoms with Crippen molar-refractivity contribution in [3.63, 3.8) is 0 Å². The van der Waals surface area contributed by atoms with Crippen LogP contribution in [0.1, 0.15) is 32.6 Å². The first-order valence-electron chi connectivity index (χ1n) is 10.5. The van der Waals surface area contributed by atoms with E-state index < -0.39 is 15.8 Å². The maximum Gasteiger partial charge on any atom is 0.337 e. The smallest absolute Gasteiger partial charge is 0.337 e. The number of rotatable bonds is 5. The maximum atomic E-state index is 13.2. The van der Waals surface area contributed by atoms with Gasteiger partial charge in [-0.05, 0) is 72.5 Å². The number of hydrogen-bond donors (Lipinski definition) is 1. The molecule has 1 amide bonds. The van der Waals surface area contributed by atoms with E-state index in [9.17, 15) is 18.0 Å². The highest BCUT2D eigenvalue weighted by Crippen LogP contribution is 2.40. The first-order valence-corrected chi connectivity index (χ1v) is 13.0. The highest BCUT2D eigenvalue weighted by molar-refractivity contribution is 8.04. The van der Waals surface area contributed by atoms with E-state index in [1.165, 1.54) is 24.9 Å². The van der Waals surface area contributed by atoms with Crippen LogP contribution in [-0.4, -0.2) is 27.4 Å². The number of thioether (sulfide) groups is 1. The summed E-state index contributed by atoms with van der Waals surface area (Å²) < 4.78 is 31.1. The van der Waals surface area contributed by atoms with Crippen molar-refractivity contribution in [1.82, 2.24) is 0 Å². The summed E-state index contributed by atoms with van der Waals surface area (Å²) in [5.41, 5.74) is 4.39. The fraction of sp³-hybridized carbons (Fsp3) is 0.154. The minimum absolute atomic E-state index is 0.0867. The molecule has 0 radical (unpaired) electrons. The zero-order chi connectivity index (χ0) is 24.5. The molecule has 0 saturated carbocycles. The number of anilines is 1. The summed E-state index contributed by atoms with van der Waals surface area (Å²) >= 11 is 1.21. The predicted molar refractivity (Wildman–Crippen MR) is 133 cm³/mol. The van der Waals surface area contributed by atoms with Gasteiger partial charge in [-0.2, -0.15) is 0 Å². The van der Waals surface area contributed by atoms with Crippen molar-refractivity contribution in [2.24, 2.45) is 0 Å². The lowest BCUT2D eigenvalue weighted by Gasteiger charge is -2.20. The van der Waals surface area contributed by atoms with E-state index in [1.54, 1.807) is 42.5 Å². The van der Waals surface area contributed by atoms with Crippen molar-refractivity contribution < 1.29 is 22.7 Å². The minimum Gasteiger partial charge on any atom is -0.465 e. The molecule has 0 saturated heterocycles. The Balaban J connectivity index is 1.62. The van der Waals surface area contributed by atoms with Crippen LogP contribution in [0.4, 0.5) is 5.69 Å². The average molecular weight is 494 g/mol. The number of sulfone groups is 1. The lowest BCUT2D eigenvalue weighted by molar-refractivity contribution is -0.112. The van der Waals surface area contributed by atoms with Gasteiger partial charge in [0.05, 0.1) is 33.9 Å². The highest BCUT2D eigenvalue weighted by atomic mass is 32.2. The number of methoxy groups -OCH3 is 1. The Morgan fingerprint density at radius 1 is 1.03 bits per heavy atom. The number of carbonyl (C=O) groups excluding carboxylic acids is 2. The molecule has 0 aromatic heterocycles. The van der Waals surface area contributed by atoms with Crippen LogP contribution in [0.15, 0.2) is 75.4 Å². The number of aryl methyl sites for hydroxylation is 2. The molecule has 174 valence electrons. The average Bonchev–Trinajstić information content (AvgIpc) is 2.81. The molecule has 1 aliphatic heterocycles. The van der Waals surface area contributed by atoms with E-state index >= 15 is 0 Å². The van der Waals surface area contributed by atoms with Gasteiger partial charge in [0, 0.05) is 4.90 Å². The third-order valence-electron chi connectivity index (χ3n) is 5.61. The fourth-order valence-electron chi connectivity index (χ4n) is 3.66. The molecule has 1 N–H and O–H groups in total. The van der Waals surface area contributed by atoms with E-state index in [0.717, 1.165) is 22.3 Å². The normalized spacial score (nSPS) is 14.4. The summed E-state index contributed by atoms with van der Waals surface area (Å²) in [5.74, 6) is -0.801. The number of nitrogens with one attached hydrogen (secondary N) is 1. The molecule has 0 atom stereocenters. The van der Waals surface area contributed by atoms with Crippen LogP contribution in [0.2, 0.25) is 0 Å². The molecule has 6 nitrogen and oxygen atoms in total. The van der Waals surface area contributed by atoms with E-state index in [0.29, 0.717) is 21.1 Å². The second-order valence-electron chi connectivity index (χ2n) is 7.97. The summed E-state index contributed by atoms with van der Waals surface area (Å²) in [4.78, 5) is 25.5. The van der Waals surface area contributed by atoms with Gasteiger partial charge in [0.15, 0.2) is 9.84 Å². The van der Waals surface area contributed by atoms with Crippen LogP contribution in [0.5, 0.6) is 0 Å². The van der Waals surface area contributed by atoms with Crippen molar-refractivity contribution in [3.8, 4) is 0 Å². The van der Waals surface area contributed by atoms with E-state index in [2.05, 4.69) is 5.32 Å². The van der Waals surface area contributed by atoms with Crippen LogP contribution in [-0.2, 0) is 25.1 Å². The molecule has 34 heavy (non-hydrogen) atoms. The second kappa shape index (κ2) is 9.48. The summed E-state index contributed by atoms with van der Waals surface area (Å²) in [6.45, 7) is 3.82. The molecule has 0 unspecified atom stereocenters. The Labute approximate surface area is 203 Å². The molecular formula is C26H23NO5S2. The third kappa shape index (κ3) is 4.93. The first-order chi connectivity index (χ1) is 16.2. The van der Waals surface area contributed by atoms with Gasteiger partial charge in [-0.1, -0.05) is 42.1 Å². The van der Waals surface area contributed by atoms with Crippen LogP contribution in [0, 0.1) is 13.8 Å². The van der Waals surface area contributed by atoms with Gasteiger partial charge in [0.2, 0.25) is 0 Å². The summed E-state index contributed by atoms with van der Waals surface area (Å²) in [6, 6.07) is 17.2. The van der Waals surface area contributed by atoms with E-state index in [1.807, 2.05) is 32.0 Å². The molecule has 0 bridgehead atoms. The molecule has 8 heteroatoms. The fourth-order valence-corrected chi connectivity index (χ4v) is 6.30. The summed E-state index contributed by atoms with van der Waals surface area (Å²) in [6.07, 6.45) is 1.70. The number of fused-ring (bicyclic) bond motifs is 1. The Kier molecular flexibility index (Phi) is 6.63. The molecule has 3 aromatic rings. The van der Waals surface area contributed by atoms with Crippen molar-refractivity contribution in [1.29, 1.82) is 0 Å². The van der Waals surface area contributed by atoms with Crippen molar-refractivity contribution in [2.45, 2.75) is 29.4 Å². The quantitative estimate of drug-likeness (QED) is 0.391. The number of hydrogen-bond acceptors (Lipinski definition) is 6. The van der Waals surface area contributed by atoms with Crippen LogP contribution in [0.25, 0.3) is 6.08 Å². The van der Waals surface area contributed by atoms with Crippen molar-refractivity contribution in [2.75, 3.05) is 12.4 Å².